The van der Waals surface area contributed by atoms with E-state index in [0.29, 0.717) is 22.5 Å². The Morgan fingerprint density at radius 1 is 1.08 bits per heavy atom. The van der Waals surface area contributed by atoms with Gasteiger partial charge >= 0.3 is 5.97 Å². The number of hydrogen-bond acceptors (Lipinski definition) is 4. The number of nitrogens with zero attached hydrogens (tertiary/aromatic N) is 1. The second-order valence-electron chi connectivity index (χ2n) is 6.42. The van der Waals surface area contributed by atoms with E-state index < -0.39 is 11.8 Å². The number of hydrogen-bond donors (Lipinski definition) is 0. The van der Waals surface area contributed by atoms with E-state index in [1.807, 2.05) is 55.5 Å². The summed E-state index contributed by atoms with van der Waals surface area (Å²) >= 11 is 3.44. The smallest absolute Gasteiger partial charge is 0.315 e. The predicted octanol–water partition coefficient (Wildman–Crippen LogP) is 4.40. The number of allylic oxidation sites excluding steroid dienone is 1. The molecule has 2 aromatic rings. The monoisotopic (exact) mass is 409 g/mol. The number of fused-ring (bicyclic) bond motifs is 2. The van der Waals surface area contributed by atoms with Gasteiger partial charge in [0.15, 0.2) is 5.78 Å². The summed E-state index contributed by atoms with van der Waals surface area (Å²) in [5.41, 5.74) is 4.28. The molecule has 1 heterocycles. The Morgan fingerprint density at radius 3 is 2.38 bits per heavy atom. The topological polar surface area (TPSA) is 55.7 Å². The first-order valence-corrected chi connectivity index (χ1v) is 9.09. The molecule has 0 saturated carbocycles. The molecule has 0 bridgehead atoms. The molecular formula is C21H16BrNO3. The van der Waals surface area contributed by atoms with Crippen molar-refractivity contribution in [2.75, 3.05) is 7.11 Å². The van der Waals surface area contributed by atoms with Crippen LogP contribution in [0.15, 0.2) is 63.6 Å². The Labute approximate surface area is 159 Å². The maximum absolute atomic E-state index is 13.2. The standard InChI is InChI=1S/C21H16BrNO3/c1-11-16(21(25)26-2)17(12-7-9-13(22)10-8-12)18-19(23-11)14-5-3-4-6-15(14)20(18)24/h3-10,16-17H,1-2H3/t16?,17-/m0/s1. The summed E-state index contributed by atoms with van der Waals surface area (Å²) in [6, 6.07) is 15.2. The average molecular weight is 410 g/mol. The third-order valence-corrected chi connectivity index (χ3v) is 5.52. The number of methoxy groups -OCH3 is 1. The summed E-state index contributed by atoms with van der Waals surface area (Å²) < 4.78 is 5.97. The second-order valence-corrected chi connectivity index (χ2v) is 7.34. The minimum atomic E-state index is -0.613. The first-order valence-electron chi connectivity index (χ1n) is 8.29. The fraction of sp³-hybridized carbons (Fsp3) is 0.190. The average Bonchev–Trinajstić information content (AvgIpc) is 2.93. The zero-order chi connectivity index (χ0) is 18.4. The van der Waals surface area contributed by atoms with Crippen LogP contribution in [-0.2, 0) is 9.53 Å². The first kappa shape index (κ1) is 16.9. The van der Waals surface area contributed by atoms with E-state index in [1.165, 1.54) is 7.11 Å². The molecule has 0 N–H and O–H groups in total. The normalized spacial score (nSPS) is 21.2. The summed E-state index contributed by atoms with van der Waals surface area (Å²) in [4.78, 5) is 30.4. The summed E-state index contributed by atoms with van der Waals surface area (Å²) in [6.07, 6.45) is 0. The maximum Gasteiger partial charge on any atom is 0.315 e. The van der Waals surface area contributed by atoms with E-state index in [-0.39, 0.29) is 11.8 Å². The first-order chi connectivity index (χ1) is 12.5. The van der Waals surface area contributed by atoms with Gasteiger partial charge in [-0.05, 0) is 24.6 Å². The van der Waals surface area contributed by atoms with Gasteiger partial charge in [-0.1, -0.05) is 52.3 Å². The number of esters is 1. The Morgan fingerprint density at radius 2 is 1.73 bits per heavy atom. The van der Waals surface area contributed by atoms with Crippen molar-refractivity contribution < 1.29 is 14.3 Å². The maximum atomic E-state index is 13.2. The van der Waals surface area contributed by atoms with Crippen molar-refractivity contribution in [3.05, 3.63) is 75.3 Å². The fourth-order valence-electron chi connectivity index (χ4n) is 3.81. The summed E-state index contributed by atoms with van der Waals surface area (Å²) in [5, 5.41) is 0. The second kappa shape index (κ2) is 6.32. The van der Waals surface area contributed by atoms with Gasteiger partial charge in [0, 0.05) is 32.8 Å². The number of aliphatic imine (C=N–C) groups is 1. The highest BCUT2D eigenvalue weighted by Crippen LogP contribution is 2.48. The van der Waals surface area contributed by atoms with Crippen molar-refractivity contribution in [1.82, 2.24) is 0 Å². The van der Waals surface area contributed by atoms with Crippen LogP contribution >= 0.6 is 15.9 Å². The van der Waals surface area contributed by atoms with Crippen LogP contribution in [0.4, 0.5) is 0 Å². The molecule has 1 aliphatic heterocycles. The van der Waals surface area contributed by atoms with E-state index in [4.69, 9.17) is 4.74 Å². The van der Waals surface area contributed by atoms with Gasteiger partial charge in [0.05, 0.1) is 12.8 Å². The number of Topliss-reactive ketones (excluding diaryl/α,β-unsaturated/α-hetero) is 1. The van der Waals surface area contributed by atoms with Gasteiger partial charge in [-0.3, -0.25) is 14.6 Å². The van der Waals surface area contributed by atoms with E-state index >= 15 is 0 Å². The molecule has 5 heteroatoms. The van der Waals surface area contributed by atoms with Crippen LogP contribution in [0.3, 0.4) is 0 Å². The molecule has 0 saturated heterocycles. The Bertz CT molecular complexity index is 989. The molecule has 0 radical (unpaired) electrons. The van der Waals surface area contributed by atoms with Crippen LogP contribution in [0.25, 0.3) is 5.70 Å². The summed E-state index contributed by atoms with van der Waals surface area (Å²) in [6.45, 7) is 1.82. The molecule has 0 fully saturated rings. The third kappa shape index (κ3) is 2.46. The number of halogens is 1. The Balaban J connectivity index is 1.95. The molecule has 1 unspecified atom stereocenters. The molecule has 0 amide bonds. The van der Waals surface area contributed by atoms with Crippen molar-refractivity contribution >= 4 is 39.1 Å². The minimum absolute atomic E-state index is 0.0614. The van der Waals surface area contributed by atoms with Crippen molar-refractivity contribution in [2.45, 2.75) is 12.8 Å². The zero-order valence-corrected chi connectivity index (χ0v) is 15.9. The highest BCUT2D eigenvalue weighted by atomic mass is 79.9. The highest BCUT2D eigenvalue weighted by Gasteiger charge is 2.45. The van der Waals surface area contributed by atoms with Gasteiger partial charge in [-0.2, -0.15) is 0 Å². The number of rotatable bonds is 2. The van der Waals surface area contributed by atoms with E-state index in [2.05, 4.69) is 20.9 Å². The zero-order valence-electron chi connectivity index (χ0n) is 14.3. The summed E-state index contributed by atoms with van der Waals surface area (Å²) in [5.74, 6) is -1.47. The Kier molecular flexibility index (Phi) is 4.11. The van der Waals surface area contributed by atoms with Gasteiger partial charge in [0.1, 0.15) is 5.92 Å². The van der Waals surface area contributed by atoms with Crippen molar-refractivity contribution in [1.29, 1.82) is 0 Å². The van der Waals surface area contributed by atoms with Gasteiger partial charge < -0.3 is 4.74 Å². The third-order valence-electron chi connectivity index (χ3n) is 4.99. The van der Waals surface area contributed by atoms with Crippen LogP contribution in [0, 0.1) is 5.92 Å². The lowest BCUT2D eigenvalue weighted by atomic mass is 9.75. The lowest BCUT2D eigenvalue weighted by molar-refractivity contribution is -0.143. The molecule has 130 valence electrons. The lowest BCUT2D eigenvalue weighted by Crippen LogP contribution is -2.34. The van der Waals surface area contributed by atoms with Crippen LogP contribution in [0.5, 0.6) is 0 Å². The molecule has 4 rings (SSSR count). The molecule has 1 aliphatic carbocycles. The predicted molar refractivity (Wildman–Crippen MR) is 103 cm³/mol. The van der Waals surface area contributed by atoms with Gasteiger partial charge in [-0.15, -0.1) is 0 Å². The highest BCUT2D eigenvalue weighted by molar-refractivity contribution is 9.10. The molecule has 4 nitrogen and oxygen atoms in total. The fourth-order valence-corrected chi connectivity index (χ4v) is 4.08. The molecule has 0 spiro atoms. The van der Waals surface area contributed by atoms with Crippen LogP contribution < -0.4 is 0 Å². The molecular weight excluding hydrogens is 394 g/mol. The van der Waals surface area contributed by atoms with Crippen molar-refractivity contribution in [3.8, 4) is 0 Å². The largest absolute Gasteiger partial charge is 0.468 e. The quantitative estimate of drug-likeness (QED) is 0.690. The SMILES string of the molecule is COC(=O)C1C(C)=NC2=C(C(=O)c3ccccc32)[C@H]1c1ccc(Br)cc1. The molecule has 26 heavy (non-hydrogen) atoms. The number of carbonyl (C=O) groups is 2. The summed E-state index contributed by atoms with van der Waals surface area (Å²) in [7, 11) is 1.36. The van der Waals surface area contributed by atoms with Crippen molar-refractivity contribution in [3.63, 3.8) is 0 Å². The number of ketones is 1. The van der Waals surface area contributed by atoms with Crippen LogP contribution in [0.1, 0.15) is 34.3 Å². The number of benzene rings is 2. The van der Waals surface area contributed by atoms with Gasteiger partial charge in [-0.25, -0.2) is 0 Å². The number of ether oxygens (including phenoxy) is 1. The van der Waals surface area contributed by atoms with Gasteiger partial charge in [0.25, 0.3) is 0 Å². The molecule has 2 aliphatic rings. The van der Waals surface area contributed by atoms with Crippen molar-refractivity contribution in [2.24, 2.45) is 10.9 Å². The van der Waals surface area contributed by atoms with Gasteiger partial charge in [0.2, 0.25) is 0 Å². The molecule has 2 aromatic carbocycles. The lowest BCUT2D eigenvalue weighted by Gasteiger charge is -2.30. The minimum Gasteiger partial charge on any atom is -0.468 e. The van der Waals surface area contributed by atoms with Crippen LogP contribution in [0.2, 0.25) is 0 Å². The Hall–Kier alpha value is -2.53. The van der Waals surface area contributed by atoms with E-state index in [9.17, 15) is 9.59 Å². The number of carbonyl (C=O) groups excluding carboxylic acids is 2. The van der Waals surface area contributed by atoms with Crippen LogP contribution in [-0.4, -0.2) is 24.6 Å². The molecule has 2 atom stereocenters. The van der Waals surface area contributed by atoms with E-state index in [0.717, 1.165) is 15.6 Å². The molecule has 0 aromatic heterocycles. The van der Waals surface area contributed by atoms with E-state index in [1.54, 1.807) is 0 Å².